The van der Waals surface area contributed by atoms with Crippen LogP contribution in [0.1, 0.15) is 64.4 Å². The lowest BCUT2D eigenvalue weighted by Crippen LogP contribution is -2.46. The Hall–Kier alpha value is -5.36. The van der Waals surface area contributed by atoms with E-state index in [0.717, 1.165) is 0 Å². The molecule has 17 heteroatoms. The monoisotopic (exact) mass is 822 g/mol. The number of phenols is 2. The smallest absolute Gasteiger partial charge is 0.312 e. The zero-order valence-corrected chi connectivity index (χ0v) is 35.5. The van der Waals surface area contributed by atoms with Crippen LogP contribution >= 0.6 is 0 Å². The number of hydrogen-bond acceptors (Lipinski definition) is 14. The fourth-order valence-electron chi connectivity index (χ4n) is 7.23. The van der Waals surface area contributed by atoms with E-state index in [1.54, 1.807) is 39.8 Å². The van der Waals surface area contributed by atoms with E-state index in [2.05, 4.69) is 20.5 Å². The van der Waals surface area contributed by atoms with E-state index < -0.39 is 83.0 Å². The van der Waals surface area contributed by atoms with Crippen molar-refractivity contribution in [3.05, 3.63) is 53.3 Å². The number of likely N-dealkylation sites (N-methyl/N-ethyl adjacent to an activating group) is 1. The van der Waals surface area contributed by atoms with E-state index >= 15 is 0 Å². The number of carbonyl (C=O) groups excluding carboxylic acids is 3. The molecule has 9 unspecified atom stereocenters. The molecule has 0 saturated heterocycles. The van der Waals surface area contributed by atoms with Crippen molar-refractivity contribution in [1.29, 1.82) is 0 Å². The summed E-state index contributed by atoms with van der Waals surface area (Å²) in [5.74, 6) is -7.66. The first-order valence-electron chi connectivity index (χ1n) is 19.4. The first kappa shape index (κ1) is 46.3. The number of nitrogens with one attached hydrogen (secondary N) is 1. The lowest BCUT2D eigenvalue weighted by Gasteiger charge is -2.38. The Morgan fingerprint density at radius 1 is 1.02 bits per heavy atom. The molecular weight excluding hydrogens is 764 g/mol. The number of hydrogen-bond donors (Lipinski definition) is 6. The number of Topliss-reactive ketones (excluding diaryl/α,β-unsaturated/α-hetero) is 1. The highest BCUT2D eigenvalue weighted by Crippen LogP contribution is 2.54. The second kappa shape index (κ2) is 19.1. The number of anilines is 1. The van der Waals surface area contributed by atoms with Crippen molar-refractivity contribution < 1.29 is 53.8 Å². The number of fused-ring (bicyclic) bond motifs is 14. The second-order valence-electron chi connectivity index (χ2n) is 15.7. The molecule has 1 amide bonds. The third-order valence-electron chi connectivity index (χ3n) is 10.9. The minimum Gasteiger partial charge on any atom is -0.507 e. The first-order chi connectivity index (χ1) is 27.6. The van der Waals surface area contributed by atoms with Gasteiger partial charge in [-0.15, -0.1) is 10.2 Å². The van der Waals surface area contributed by atoms with Crippen molar-refractivity contribution in [3.8, 4) is 17.2 Å². The molecule has 0 saturated carbocycles. The number of phenolic OH excluding ortho intramolecular Hbond substituents is 2. The molecule has 5 bridgehead atoms. The quantitative estimate of drug-likeness (QED) is 0.0739. The Bertz CT molecular complexity index is 2080. The third-order valence-corrected chi connectivity index (χ3v) is 10.9. The van der Waals surface area contributed by atoms with E-state index in [0.29, 0.717) is 13.1 Å². The van der Waals surface area contributed by atoms with Gasteiger partial charge in [0.2, 0.25) is 5.96 Å². The number of aliphatic hydroxyl groups is 2. The number of nitrogens with two attached hydrogens (primary N) is 1. The van der Waals surface area contributed by atoms with E-state index in [9.17, 15) is 34.8 Å². The zero-order chi connectivity index (χ0) is 44.1. The minimum atomic E-state index is -2.01. The molecule has 17 nitrogen and oxygen atoms in total. The molecule has 0 aromatic heterocycles. The molecule has 3 aliphatic rings. The van der Waals surface area contributed by atoms with Crippen LogP contribution in [0.4, 0.5) is 11.4 Å². The molecule has 0 aliphatic carbocycles. The van der Waals surface area contributed by atoms with Crippen molar-refractivity contribution in [2.24, 2.45) is 44.6 Å². The Morgan fingerprint density at radius 2 is 1.69 bits per heavy atom. The Kier molecular flexibility index (Phi) is 15.0. The summed E-state index contributed by atoms with van der Waals surface area (Å²) in [5.41, 5.74) is 6.01. The number of aliphatic hydroxyl groups excluding tert-OH is 2. The number of aromatic hydroxyl groups is 2. The maximum atomic E-state index is 14.5. The Morgan fingerprint density at radius 3 is 2.32 bits per heavy atom. The molecule has 0 fully saturated rings. The van der Waals surface area contributed by atoms with Crippen LogP contribution in [0.2, 0.25) is 0 Å². The number of guanidine groups is 1. The van der Waals surface area contributed by atoms with Crippen LogP contribution < -0.4 is 15.8 Å². The predicted octanol–water partition coefficient (Wildman–Crippen LogP) is 5.01. The number of allylic oxidation sites excluding steroid dienone is 2. The van der Waals surface area contributed by atoms with Crippen molar-refractivity contribution in [2.45, 2.75) is 85.6 Å². The largest absolute Gasteiger partial charge is 0.507 e. The normalized spacial score (nSPS) is 28.6. The molecule has 3 aliphatic heterocycles. The van der Waals surface area contributed by atoms with Gasteiger partial charge in [-0.3, -0.25) is 14.4 Å². The summed E-state index contributed by atoms with van der Waals surface area (Å²) >= 11 is 0. The molecule has 9 atom stereocenters. The maximum absolute atomic E-state index is 14.5. The summed E-state index contributed by atoms with van der Waals surface area (Å²) in [6.45, 7) is 13.5. The summed E-state index contributed by atoms with van der Waals surface area (Å²) in [6.07, 6.45) is 3.63. The molecular formula is C42H58N6O11. The fraction of sp³-hybridized carbons (Fsp3) is 0.524. The van der Waals surface area contributed by atoms with Gasteiger partial charge in [0.05, 0.1) is 53.4 Å². The maximum Gasteiger partial charge on any atom is 0.312 e. The van der Waals surface area contributed by atoms with E-state index in [1.807, 2.05) is 19.0 Å². The molecule has 7 N–H and O–H groups in total. The SMILES string of the molecule is COC1C=COC2(C)Oc3c(C)c(O)c4c(O)c(cc(N=NC(N)=NCCN(C)C)c4c3C2=O)NC(=O)C(C)=CC=CC(C)C(O)C(C)C(O)C(C)C(OC(C)=O)C1C. The number of azo groups is 1. The van der Waals surface area contributed by atoms with Crippen molar-refractivity contribution in [1.82, 2.24) is 4.90 Å². The van der Waals surface area contributed by atoms with Crippen LogP contribution in [0.3, 0.4) is 0 Å². The summed E-state index contributed by atoms with van der Waals surface area (Å²) < 4.78 is 23.6. The molecule has 5 rings (SSSR count). The highest BCUT2D eigenvalue weighted by atomic mass is 16.7. The van der Waals surface area contributed by atoms with Crippen LogP contribution in [-0.2, 0) is 23.8 Å². The van der Waals surface area contributed by atoms with Gasteiger partial charge in [-0.25, -0.2) is 4.99 Å². The molecule has 3 heterocycles. The number of benzene rings is 2. The topological polar surface area (TPSA) is 247 Å². The van der Waals surface area contributed by atoms with Crippen LogP contribution in [0.25, 0.3) is 10.8 Å². The molecule has 2 aromatic carbocycles. The number of rotatable bonds is 6. The molecule has 322 valence electrons. The van der Waals surface area contributed by atoms with Crippen LogP contribution in [0, 0.1) is 30.6 Å². The number of ether oxygens (including phenoxy) is 4. The molecule has 0 radical (unpaired) electrons. The van der Waals surface area contributed by atoms with Gasteiger partial charge in [0.25, 0.3) is 11.7 Å². The fourth-order valence-corrected chi connectivity index (χ4v) is 7.23. The highest BCUT2D eigenvalue weighted by molar-refractivity contribution is 6.22. The number of nitrogens with zero attached hydrogens (tertiary/aromatic N) is 4. The lowest BCUT2D eigenvalue weighted by atomic mass is 9.78. The molecule has 59 heavy (non-hydrogen) atoms. The number of carbonyl (C=O) groups is 3. The first-order valence-corrected chi connectivity index (χ1v) is 19.4. The van der Waals surface area contributed by atoms with Crippen LogP contribution in [0.5, 0.6) is 17.2 Å². The average molecular weight is 823 g/mol. The van der Waals surface area contributed by atoms with Gasteiger partial charge in [-0.2, -0.15) is 0 Å². The lowest BCUT2D eigenvalue weighted by molar-refractivity contribution is -0.160. The minimum absolute atomic E-state index is 0.0489. The van der Waals surface area contributed by atoms with Crippen molar-refractivity contribution in [2.75, 3.05) is 39.6 Å². The van der Waals surface area contributed by atoms with Gasteiger partial charge in [0.1, 0.15) is 17.6 Å². The summed E-state index contributed by atoms with van der Waals surface area (Å²) in [7, 11) is 5.18. The van der Waals surface area contributed by atoms with Gasteiger partial charge in [0.15, 0.2) is 5.75 Å². The zero-order valence-electron chi connectivity index (χ0n) is 35.5. The number of esters is 1. The number of methoxy groups -OCH3 is 1. The number of ketones is 1. The Balaban J connectivity index is 1.95. The third kappa shape index (κ3) is 10.1. The van der Waals surface area contributed by atoms with Gasteiger partial charge in [-0.05, 0) is 40.1 Å². The summed E-state index contributed by atoms with van der Waals surface area (Å²) in [6, 6.07) is 1.28. The summed E-state index contributed by atoms with van der Waals surface area (Å²) in [4.78, 5) is 46.4. The predicted molar refractivity (Wildman–Crippen MR) is 222 cm³/mol. The average Bonchev–Trinajstić information content (AvgIpc) is 3.44. The van der Waals surface area contributed by atoms with Gasteiger partial charge in [0, 0.05) is 67.7 Å². The van der Waals surface area contributed by atoms with E-state index in [4.69, 9.17) is 24.7 Å². The van der Waals surface area contributed by atoms with Crippen LogP contribution in [0.15, 0.2) is 57.4 Å². The standard InChI is InChI=1S/C42H58N6O11/c1-20-13-12-14-21(2)40(55)45-28-19-27(46-47-41(43)44-16-17-48(9)10)30-31(36(28)53)35(52)25(6)38-32(30)39(54)42(8,59-38)57-18-15-29(56-11)22(3)37(58-26(7)49)24(5)34(51)23(4)33(20)50/h12-15,18-20,22-24,29,33-34,37,50-53H,16-17H2,1-11H3,(H2,43,44)(H,45,55). The highest BCUT2D eigenvalue weighted by Gasteiger charge is 2.49. The summed E-state index contributed by atoms with van der Waals surface area (Å²) in [5, 5.41) is 56.8. The van der Waals surface area contributed by atoms with Crippen LogP contribution in [-0.4, -0.2) is 113 Å². The van der Waals surface area contributed by atoms with E-state index in [-0.39, 0.29) is 50.6 Å². The Labute approximate surface area is 344 Å². The van der Waals surface area contributed by atoms with Gasteiger partial charge in [-0.1, -0.05) is 45.9 Å². The van der Waals surface area contributed by atoms with Crippen molar-refractivity contribution >= 4 is 45.8 Å². The molecule has 2 aromatic rings. The second-order valence-corrected chi connectivity index (χ2v) is 15.7. The van der Waals surface area contributed by atoms with Gasteiger partial charge >= 0.3 is 11.8 Å². The molecule has 0 spiro atoms. The van der Waals surface area contributed by atoms with E-state index in [1.165, 1.54) is 59.3 Å². The van der Waals surface area contributed by atoms with Gasteiger partial charge < -0.3 is 55.3 Å². The number of amides is 1. The van der Waals surface area contributed by atoms with Crippen molar-refractivity contribution in [3.63, 3.8) is 0 Å². The number of aliphatic imine (C=N–C) groups is 1.